The zero-order chi connectivity index (χ0) is 8.27. The highest BCUT2D eigenvalue weighted by Crippen LogP contribution is 2.16. The van der Waals surface area contributed by atoms with Gasteiger partial charge in [0.15, 0.2) is 0 Å². The van der Waals surface area contributed by atoms with Gasteiger partial charge in [-0.25, -0.2) is 0 Å². The summed E-state index contributed by atoms with van der Waals surface area (Å²) in [6.07, 6.45) is 0. The maximum atomic E-state index is 7.37. The Morgan fingerprint density at radius 3 is 2.82 bits per heavy atom. The van der Waals surface area contributed by atoms with Crippen molar-refractivity contribution in [3.8, 4) is 0 Å². The summed E-state index contributed by atoms with van der Waals surface area (Å²) in [6, 6.07) is 4.06. The molecule has 0 amide bonds. The number of thiophene rings is 1. The van der Waals surface area contributed by atoms with E-state index >= 15 is 0 Å². The summed E-state index contributed by atoms with van der Waals surface area (Å²) in [4.78, 5) is 2.35. The SMILES string of the molecule is CNCc1ccc(C(C)=N)s1. The minimum absolute atomic E-state index is 0.650. The van der Waals surface area contributed by atoms with Crippen molar-refractivity contribution in [3.05, 3.63) is 21.9 Å². The lowest BCUT2D eigenvalue weighted by Crippen LogP contribution is -2.02. The molecule has 2 nitrogen and oxygen atoms in total. The van der Waals surface area contributed by atoms with Gasteiger partial charge in [-0.15, -0.1) is 11.3 Å². The quantitative estimate of drug-likeness (QED) is 0.664. The maximum Gasteiger partial charge on any atom is 0.0478 e. The van der Waals surface area contributed by atoms with Crippen LogP contribution in [0, 0.1) is 5.41 Å². The van der Waals surface area contributed by atoms with Crippen LogP contribution in [0.4, 0.5) is 0 Å². The van der Waals surface area contributed by atoms with E-state index in [-0.39, 0.29) is 0 Å². The van der Waals surface area contributed by atoms with E-state index in [1.807, 2.05) is 20.0 Å². The smallest absolute Gasteiger partial charge is 0.0478 e. The van der Waals surface area contributed by atoms with E-state index in [4.69, 9.17) is 5.41 Å². The first-order valence-corrected chi connectivity index (χ1v) is 4.34. The zero-order valence-electron chi connectivity index (χ0n) is 6.77. The van der Waals surface area contributed by atoms with Crippen molar-refractivity contribution in [2.75, 3.05) is 7.05 Å². The molecule has 0 aliphatic heterocycles. The fourth-order valence-corrected chi connectivity index (χ4v) is 1.77. The first-order valence-electron chi connectivity index (χ1n) is 3.53. The lowest BCUT2D eigenvalue weighted by atomic mass is 10.3. The van der Waals surface area contributed by atoms with Crippen LogP contribution >= 0.6 is 11.3 Å². The zero-order valence-corrected chi connectivity index (χ0v) is 7.59. The molecule has 60 valence electrons. The van der Waals surface area contributed by atoms with Crippen LogP contribution < -0.4 is 5.32 Å². The fourth-order valence-electron chi connectivity index (χ4n) is 0.849. The molecule has 0 radical (unpaired) electrons. The Kier molecular flexibility index (Phi) is 2.79. The minimum atomic E-state index is 0.650. The normalized spacial score (nSPS) is 10.0. The van der Waals surface area contributed by atoms with Crippen LogP contribution in [0.5, 0.6) is 0 Å². The Hall–Kier alpha value is -0.670. The van der Waals surface area contributed by atoms with E-state index in [1.165, 1.54) is 4.88 Å². The van der Waals surface area contributed by atoms with E-state index in [1.54, 1.807) is 11.3 Å². The summed E-state index contributed by atoms with van der Waals surface area (Å²) in [5.74, 6) is 0. The van der Waals surface area contributed by atoms with Crippen LogP contribution in [0.3, 0.4) is 0 Å². The monoisotopic (exact) mass is 168 g/mol. The van der Waals surface area contributed by atoms with Gasteiger partial charge in [-0.3, -0.25) is 0 Å². The number of rotatable bonds is 3. The van der Waals surface area contributed by atoms with Crippen molar-refractivity contribution in [2.24, 2.45) is 0 Å². The summed E-state index contributed by atoms with van der Waals surface area (Å²) >= 11 is 1.68. The third kappa shape index (κ3) is 2.13. The number of hydrogen-bond donors (Lipinski definition) is 2. The standard InChI is InChI=1S/C8H12N2S/c1-6(9)8-4-3-7(11-8)5-10-2/h3-4,9-10H,5H2,1-2H3. The molecule has 11 heavy (non-hydrogen) atoms. The van der Waals surface area contributed by atoms with Crippen molar-refractivity contribution in [1.82, 2.24) is 5.32 Å². The Bertz CT molecular complexity index is 252. The summed E-state index contributed by atoms with van der Waals surface area (Å²) in [5, 5.41) is 10.4. The molecule has 1 aromatic rings. The first-order chi connectivity index (χ1) is 5.24. The molecule has 1 rings (SSSR count). The third-order valence-corrected chi connectivity index (χ3v) is 2.59. The van der Waals surface area contributed by atoms with E-state index in [2.05, 4.69) is 11.4 Å². The molecule has 2 N–H and O–H groups in total. The predicted molar refractivity (Wildman–Crippen MR) is 49.6 cm³/mol. The summed E-state index contributed by atoms with van der Waals surface area (Å²) in [5.41, 5.74) is 0.650. The molecule has 0 aliphatic rings. The van der Waals surface area contributed by atoms with Gasteiger partial charge < -0.3 is 10.7 Å². The molecule has 1 aromatic heterocycles. The Morgan fingerprint density at radius 1 is 1.64 bits per heavy atom. The fraction of sp³-hybridized carbons (Fsp3) is 0.375. The lowest BCUT2D eigenvalue weighted by molar-refractivity contribution is 0.831. The highest BCUT2D eigenvalue weighted by Gasteiger charge is 1.99. The van der Waals surface area contributed by atoms with Crippen LogP contribution in [0.15, 0.2) is 12.1 Å². The van der Waals surface area contributed by atoms with Crippen molar-refractivity contribution >= 4 is 17.0 Å². The number of hydrogen-bond acceptors (Lipinski definition) is 3. The Balaban J connectivity index is 2.73. The highest BCUT2D eigenvalue weighted by atomic mass is 32.1. The topological polar surface area (TPSA) is 35.9 Å². The molecule has 0 saturated carbocycles. The molecule has 0 atom stereocenters. The second-order valence-corrected chi connectivity index (χ2v) is 3.59. The van der Waals surface area contributed by atoms with Gasteiger partial charge in [-0.1, -0.05) is 0 Å². The van der Waals surface area contributed by atoms with Gasteiger partial charge in [0.25, 0.3) is 0 Å². The van der Waals surface area contributed by atoms with Crippen LogP contribution in [0.1, 0.15) is 16.7 Å². The van der Waals surface area contributed by atoms with Gasteiger partial charge in [0.1, 0.15) is 0 Å². The van der Waals surface area contributed by atoms with E-state index < -0.39 is 0 Å². The molecule has 0 fully saturated rings. The van der Waals surface area contributed by atoms with Gasteiger partial charge >= 0.3 is 0 Å². The van der Waals surface area contributed by atoms with Crippen LogP contribution in [-0.4, -0.2) is 12.8 Å². The van der Waals surface area contributed by atoms with Crippen molar-refractivity contribution in [3.63, 3.8) is 0 Å². The van der Waals surface area contributed by atoms with Gasteiger partial charge in [-0.2, -0.15) is 0 Å². The average Bonchev–Trinajstić information content (AvgIpc) is 2.37. The predicted octanol–water partition coefficient (Wildman–Crippen LogP) is 1.86. The van der Waals surface area contributed by atoms with Gasteiger partial charge in [-0.05, 0) is 26.1 Å². The van der Waals surface area contributed by atoms with Gasteiger partial charge in [0, 0.05) is 22.0 Å². The van der Waals surface area contributed by atoms with Crippen LogP contribution in [0.2, 0.25) is 0 Å². The molecule has 3 heteroatoms. The van der Waals surface area contributed by atoms with Crippen LogP contribution in [-0.2, 0) is 6.54 Å². The molecular formula is C8H12N2S. The Labute approximate surface area is 70.8 Å². The first kappa shape index (κ1) is 8.43. The second-order valence-electron chi connectivity index (χ2n) is 2.42. The average molecular weight is 168 g/mol. The molecule has 1 heterocycles. The molecule has 0 aliphatic carbocycles. The second kappa shape index (κ2) is 3.64. The molecular weight excluding hydrogens is 156 g/mol. The Morgan fingerprint density at radius 2 is 2.36 bits per heavy atom. The van der Waals surface area contributed by atoms with E-state index in [0.717, 1.165) is 11.4 Å². The van der Waals surface area contributed by atoms with Gasteiger partial charge in [0.2, 0.25) is 0 Å². The van der Waals surface area contributed by atoms with E-state index in [0.29, 0.717) is 5.71 Å². The molecule has 0 spiro atoms. The lowest BCUT2D eigenvalue weighted by Gasteiger charge is -1.91. The largest absolute Gasteiger partial charge is 0.315 e. The van der Waals surface area contributed by atoms with E-state index in [9.17, 15) is 0 Å². The summed E-state index contributed by atoms with van der Waals surface area (Å²) < 4.78 is 0. The summed E-state index contributed by atoms with van der Waals surface area (Å²) in [6.45, 7) is 2.72. The molecule has 0 saturated heterocycles. The summed E-state index contributed by atoms with van der Waals surface area (Å²) in [7, 11) is 1.93. The van der Waals surface area contributed by atoms with Gasteiger partial charge in [0.05, 0.1) is 0 Å². The van der Waals surface area contributed by atoms with Crippen molar-refractivity contribution in [2.45, 2.75) is 13.5 Å². The van der Waals surface area contributed by atoms with Crippen LogP contribution in [0.25, 0.3) is 0 Å². The third-order valence-electron chi connectivity index (χ3n) is 1.38. The maximum absolute atomic E-state index is 7.37. The molecule has 0 unspecified atom stereocenters. The number of nitrogens with one attached hydrogen (secondary N) is 2. The van der Waals surface area contributed by atoms with Crippen molar-refractivity contribution in [1.29, 1.82) is 5.41 Å². The molecule has 0 bridgehead atoms. The minimum Gasteiger partial charge on any atom is -0.315 e. The van der Waals surface area contributed by atoms with Crippen molar-refractivity contribution < 1.29 is 0 Å². The highest BCUT2D eigenvalue weighted by molar-refractivity contribution is 7.14. The molecule has 0 aromatic carbocycles.